The van der Waals surface area contributed by atoms with Gasteiger partial charge in [-0.3, -0.25) is 0 Å². The fourth-order valence-electron chi connectivity index (χ4n) is 5.63. The summed E-state index contributed by atoms with van der Waals surface area (Å²) in [4.78, 5) is 0. The standard InChI is InChI=1S/C32H54Si/c1-4-6-7-8-9-10-11-12-13-14-15-16-17-18-19-23-26-31-28(3)29(5-2)27-32(31)33-30-24-21-20-22-25-30/h20-22,24-25,27,31H,4-19,23,26,33H2,1-3H3. The lowest BCUT2D eigenvalue weighted by Crippen LogP contribution is -2.20. The molecule has 0 aromatic heterocycles. The molecule has 2 rings (SSSR count). The van der Waals surface area contributed by atoms with Crippen LogP contribution in [-0.2, 0) is 0 Å². The van der Waals surface area contributed by atoms with Crippen LogP contribution in [0.2, 0.25) is 0 Å². The summed E-state index contributed by atoms with van der Waals surface area (Å²) in [6.45, 7) is 7.05. The van der Waals surface area contributed by atoms with Crippen LogP contribution in [0.25, 0.3) is 0 Å². The Labute approximate surface area is 209 Å². The fraction of sp³-hybridized carbons (Fsp3) is 0.688. The summed E-state index contributed by atoms with van der Waals surface area (Å²) in [6.07, 6.45) is 28.4. The molecule has 1 atom stereocenters. The summed E-state index contributed by atoms with van der Waals surface area (Å²) in [7, 11) is -0.303. The molecule has 1 aliphatic rings. The monoisotopic (exact) mass is 466 g/mol. The van der Waals surface area contributed by atoms with Crippen LogP contribution in [0, 0.1) is 5.92 Å². The predicted octanol–water partition coefficient (Wildman–Crippen LogP) is 9.37. The van der Waals surface area contributed by atoms with Crippen molar-refractivity contribution in [3.63, 3.8) is 0 Å². The number of hydrogen-bond donors (Lipinski definition) is 0. The lowest BCUT2D eigenvalue weighted by atomic mass is 9.94. The van der Waals surface area contributed by atoms with Crippen molar-refractivity contribution < 1.29 is 0 Å². The molecule has 1 heteroatoms. The van der Waals surface area contributed by atoms with Crippen molar-refractivity contribution in [2.75, 3.05) is 0 Å². The van der Waals surface area contributed by atoms with Gasteiger partial charge < -0.3 is 0 Å². The lowest BCUT2D eigenvalue weighted by Gasteiger charge is -2.18. The van der Waals surface area contributed by atoms with Crippen molar-refractivity contribution >= 4 is 14.7 Å². The van der Waals surface area contributed by atoms with Gasteiger partial charge in [0.15, 0.2) is 0 Å². The Morgan fingerprint density at radius 2 is 1.12 bits per heavy atom. The molecular formula is C32H54Si. The molecular weight excluding hydrogens is 412 g/mol. The van der Waals surface area contributed by atoms with Gasteiger partial charge in [0.05, 0.1) is 9.52 Å². The van der Waals surface area contributed by atoms with Gasteiger partial charge in [0.25, 0.3) is 0 Å². The van der Waals surface area contributed by atoms with Crippen molar-refractivity contribution in [3.8, 4) is 0 Å². The zero-order valence-corrected chi connectivity index (χ0v) is 23.9. The Bertz CT molecular complexity index is 669. The third-order valence-electron chi connectivity index (χ3n) is 7.81. The minimum absolute atomic E-state index is 0.303. The molecule has 0 aliphatic heterocycles. The van der Waals surface area contributed by atoms with E-state index in [4.69, 9.17) is 0 Å². The highest BCUT2D eigenvalue weighted by Gasteiger charge is 2.23. The molecule has 1 unspecified atom stereocenters. The average molecular weight is 467 g/mol. The van der Waals surface area contributed by atoms with Gasteiger partial charge in [-0.15, -0.1) is 0 Å². The van der Waals surface area contributed by atoms with Crippen LogP contribution in [0.1, 0.15) is 136 Å². The molecule has 33 heavy (non-hydrogen) atoms. The van der Waals surface area contributed by atoms with E-state index < -0.39 is 0 Å². The third kappa shape index (κ3) is 11.7. The Kier molecular flexibility index (Phi) is 15.6. The van der Waals surface area contributed by atoms with Crippen molar-refractivity contribution in [1.29, 1.82) is 0 Å². The smallest absolute Gasteiger partial charge is 0.0753 e. The second-order valence-corrected chi connectivity index (χ2v) is 12.6. The van der Waals surface area contributed by atoms with E-state index >= 15 is 0 Å². The van der Waals surface area contributed by atoms with E-state index in [1.165, 1.54) is 116 Å². The first kappa shape index (κ1) is 28.2. The Morgan fingerprint density at radius 1 is 0.636 bits per heavy atom. The predicted molar refractivity (Wildman–Crippen MR) is 153 cm³/mol. The summed E-state index contributed by atoms with van der Waals surface area (Å²) < 4.78 is 0. The molecule has 1 aromatic carbocycles. The molecule has 0 bridgehead atoms. The molecule has 1 aromatic rings. The Morgan fingerprint density at radius 3 is 1.61 bits per heavy atom. The summed E-state index contributed by atoms with van der Waals surface area (Å²) in [5.74, 6) is 0.762. The van der Waals surface area contributed by atoms with Gasteiger partial charge in [0, 0.05) is 0 Å². The zero-order valence-electron chi connectivity index (χ0n) is 22.5. The highest BCUT2D eigenvalue weighted by molar-refractivity contribution is 6.61. The number of rotatable bonds is 20. The maximum Gasteiger partial charge on any atom is 0.0832 e. The minimum Gasteiger partial charge on any atom is -0.0753 e. The molecule has 0 spiro atoms. The van der Waals surface area contributed by atoms with Crippen molar-refractivity contribution in [2.24, 2.45) is 5.92 Å². The summed E-state index contributed by atoms with van der Waals surface area (Å²) in [6, 6.07) is 11.3. The van der Waals surface area contributed by atoms with Crippen LogP contribution in [0.15, 0.2) is 52.8 Å². The SMILES string of the molecule is CCCCCCCCCCCCCCCCCCC1C([SiH2]c2ccccc2)=CC(CC)=C1C. The fourth-order valence-corrected chi connectivity index (χ4v) is 7.71. The van der Waals surface area contributed by atoms with Crippen molar-refractivity contribution in [3.05, 3.63) is 52.8 Å². The highest BCUT2D eigenvalue weighted by Crippen LogP contribution is 2.36. The average Bonchev–Trinajstić information content (AvgIpc) is 3.13. The molecule has 0 nitrogen and oxygen atoms in total. The largest absolute Gasteiger partial charge is 0.0832 e. The molecule has 0 N–H and O–H groups in total. The van der Waals surface area contributed by atoms with E-state index in [0.29, 0.717) is 0 Å². The van der Waals surface area contributed by atoms with Crippen LogP contribution in [0.3, 0.4) is 0 Å². The van der Waals surface area contributed by atoms with E-state index in [0.717, 1.165) is 5.92 Å². The second-order valence-electron chi connectivity index (χ2n) is 10.6. The number of benzene rings is 1. The summed E-state index contributed by atoms with van der Waals surface area (Å²) in [5, 5.41) is 3.40. The van der Waals surface area contributed by atoms with E-state index in [-0.39, 0.29) is 9.52 Å². The maximum absolute atomic E-state index is 2.59. The van der Waals surface area contributed by atoms with Gasteiger partial charge in [0.1, 0.15) is 0 Å². The lowest BCUT2D eigenvalue weighted by molar-refractivity contribution is 0.519. The van der Waals surface area contributed by atoms with Crippen LogP contribution in [0.5, 0.6) is 0 Å². The topological polar surface area (TPSA) is 0 Å². The van der Waals surface area contributed by atoms with Crippen molar-refractivity contribution in [1.82, 2.24) is 0 Å². The highest BCUT2D eigenvalue weighted by atomic mass is 28.2. The first-order valence-corrected chi connectivity index (χ1v) is 16.1. The van der Waals surface area contributed by atoms with Crippen LogP contribution < -0.4 is 5.19 Å². The molecule has 0 heterocycles. The van der Waals surface area contributed by atoms with Gasteiger partial charge in [-0.25, -0.2) is 0 Å². The summed E-state index contributed by atoms with van der Waals surface area (Å²) in [5.41, 5.74) is 3.33. The number of unbranched alkanes of at least 4 members (excludes halogenated alkanes) is 15. The number of allylic oxidation sites excluding steroid dienone is 4. The Balaban J connectivity index is 1.48. The van der Waals surface area contributed by atoms with E-state index in [2.05, 4.69) is 57.2 Å². The van der Waals surface area contributed by atoms with Crippen molar-refractivity contribution in [2.45, 2.75) is 136 Å². The first-order chi connectivity index (χ1) is 16.3. The van der Waals surface area contributed by atoms with Gasteiger partial charge >= 0.3 is 0 Å². The van der Waals surface area contributed by atoms with Gasteiger partial charge in [0.2, 0.25) is 0 Å². The molecule has 0 radical (unpaired) electrons. The second kappa shape index (κ2) is 18.3. The molecule has 0 saturated carbocycles. The quantitative estimate of drug-likeness (QED) is 0.133. The van der Waals surface area contributed by atoms with Gasteiger partial charge in [-0.2, -0.15) is 0 Å². The van der Waals surface area contributed by atoms with Gasteiger partial charge in [-0.05, 0) is 31.3 Å². The normalized spacial score (nSPS) is 16.3. The van der Waals surface area contributed by atoms with Gasteiger partial charge in [-0.1, -0.05) is 169 Å². The van der Waals surface area contributed by atoms with E-state index in [9.17, 15) is 0 Å². The molecule has 0 amide bonds. The van der Waals surface area contributed by atoms with Crippen LogP contribution >= 0.6 is 0 Å². The first-order valence-electron chi connectivity index (χ1n) is 14.7. The van der Waals surface area contributed by atoms with Crippen LogP contribution in [0.4, 0.5) is 0 Å². The molecule has 0 saturated heterocycles. The van der Waals surface area contributed by atoms with E-state index in [1.54, 1.807) is 21.5 Å². The van der Waals surface area contributed by atoms with E-state index in [1.807, 2.05) is 0 Å². The Hall–Kier alpha value is -1.08. The van der Waals surface area contributed by atoms with Crippen LogP contribution in [-0.4, -0.2) is 9.52 Å². The number of hydrogen-bond acceptors (Lipinski definition) is 0. The molecule has 1 aliphatic carbocycles. The summed E-state index contributed by atoms with van der Waals surface area (Å²) >= 11 is 0. The maximum atomic E-state index is 2.59. The molecule has 0 fully saturated rings. The third-order valence-corrected chi connectivity index (χ3v) is 9.80. The minimum atomic E-state index is -0.303. The zero-order chi connectivity index (χ0) is 23.6. The molecule has 186 valence electrons.